The van der Waals surface area contributed by atoms with Gasteiger partial charge in [0.05, 0.1) is 12.2 Å². The summed E-state index contributed by atoms with van der Waals surface area (Å²) in [6.07, 6.45) is 2.68. The average molecular weight is 430 g/mol. The lowest BCUT2D eigenvalue weighted by Gasteiger charge is -2.31. The summed E-state index contributed by atoms with van der Waals surface area (Å²) >= 11 is 7.61. The summed E-state index contributed by atoms with van der Waals surface area (Å²) in [5.41, 5.74) is 2.03. The molecule has 2 aromatic heterocycles. The number of benzene rings is 1. The lowest BCUT2D eigenvalue weighted by atomic mass is 9.94. The minimum Gasteiger partial charge on any atom is -0.351 e. The molecule has 1 atom stereocenters. The second-order valence-electron chi connectivity index (χ2n) is 6.99. The van der Waals surface area contributed by atoms with Gasteiger partial charge in [-0.25, -0.2) is 0 Å². The number of amides is 2. The number of thiophene rings is 1. The van der Waals surface area contributed by atoms with Gasteiger partial charge in [0.2, 0.25) is 11.7 Å². The van der Waals surface area contributed by atoms with E-state index < -0.39 is 0 Å². The van der Waals surface area contributed by atoms with Crippen molar-refractivity contribution in [2.45, 2.75) is 18.9 Å². The van der Waals surface area contributed by atoms with Gasteiger partial charge >= 0.3 is 0 Å². The van der Waals surface area contributed by atoms with Crippen LogP contribution in [-0.4, -0.2) is 35.0 Å². The quantitative estimate of drug-likeness (QED) is 0.661. The van der Waals surface area contributed by atoms with Crippen molar-refractivity contribution in [2.75, 3.05) is 13.1 Å². The van der Waals surface area contributed by atoms with Crippen molar-refractivity contribution in [3.8, 4) is 0 Å². The Bertz CT molecular complexity index is 950. The van der Waals surface area contributed by atoms with Gasteiger partial charge in [0.1, 0.15) is 0 Å². The number of nitrogens with one attached hydrogen (secondary N) is 1. The highest BCUT2D eigenvalue weighted by Crippen LogP contribution is 2.27. The second kappa shape index (κ2) is 8.80. The fraction of sp³-hybridized carbons (Fsp3) is 0.286. The van der Waals surface area contributed by atoms with Gasteiger partial charge in [-0.1, -0.05) is 28.9 Å². The van der Waals surface area contributed by atoms with E-state index in [0.717, 1.165) is 11.1 Å². The minimum absolute atomic E-state index is 0.00270. The molecule has 1 N–H and O–H groups in total. The first-order chi connectivity index (χ1) is 14.1. The third-order valence-electron chi connectivity index (χ3n) is 5.17. The van der Waals surface area contributed by atoms with Gasteiger partial charge in [-0.15, -0.1) is 0 Å². The summed E-state index contributed by atoms with van der Waals surface area (Å²) in [5.74, 6) is -0.0861. The monoisotopic (exact) mass is 429 g/mol. The Morgan fingerprint density at radius 3 is 2.52 bits per heavy atom. The molecule has 0 aliphatic carbocycles. The Kier molecular flexibility index (Phi) is 5.97. The van der Waals surface area contributed by atoms with Crippen molar-refractivity contribution < 1.29 is 14.1 Å². The zero-order valence-corrected chi connectivity index (χ0v) is 17.2. The van der Waals surface area contributed by atoms with Crippen LogP contribution in [0.1, 0.15) is 40.6 Å². The number of likely N-dealkylation sites (tertiary alicyclic amines) is 1. The van der Waals surface area contributed by atoms with Crippen LogP contribution in [0.15, 0.2) is 57.9 Å². The molecule has 150 valence electrons. The normalized spacial score (nSPS) is 15.8. The molecular formula is C21H20ClN3O3S. The highest BCUT2D eigenvalue weighted by molar-refractivity contribution is 7.08. The maximum Gasteiger partial charge on any atom is 0.292 e. The summed E-state index contributed by atoms with van der Waals surface area (Å²) < 4.78 is 4.95. The van der Waals surface area contributed by atoms with E-state index in [1.54, 1.807) is 22.3 Å². The standard InChI is InChI=1S/C21H20ClN3O3S/c22-17-3-1-14(2-4-17)19(16-8-12-29-13-16)24-20(26)15-6-10-25(11-7-15)21(27)18-5-9-23-28-18/h1-5,8-9,12-13,15,19H,6-7,10-11H2,(H,24,26). The van der Waals surface area contributed by atoms with Gasteiger partial charge < -0.3 is 14.7 Å². The number of aromatic nitrogens is 1. The second-order valence-corrected chi connectivity index (χ2v) is 8.21. The first kappa shape index (κ1) is 19.7. The number of hydrogen-bond acceptors (Lipinski definition) is 5. The number of nitrogens with zero attached hydrogens (tertiary/aromatic N) is 2. The maximum atomic E-state index is 13.0. The number of piperidine rings is 1. The van der Waals surface area contributed by atoms with Crippen molar-refractivity contribution >= 4 is 34.8 Å². The summed E-state index contributed by atoms with van der Waals surface area (Å²) in [6.45, 7) is 1.03. The minimum atomic E-state index is -0.222. The van der Waals surface area contributed by atoms with E-state index in [-0.39, 0.29) is 29.5 Å². The third kappa shape index (κ3) is 4.52. The van der Waals surface area contributed by atoms with Gasteiger partial charge in [-0.2, -0.15) is 11.3 Å². The first-order valence-electron chi connectivity index (χ1n) is 9.39. The van der Waals surface area contributed by atoms with Gasteiger partial charge in [0, 0.05) is 30.1 Å². The molecule has 2 amide bonds. The Hall–Kier alpha value is -2.64. The van der Waals surface area contributed by atoms with Gasteiger partial charge in [0.25, 0.3) is 5.91 Å². The van der Waals surface area contributed by atoms with Gasteiger partial charge in [0.15, 0.2) is 0 Å². The average Bonchev–Trinajstić information content (AvgIpc) is 3.46. The molecule has 1 saturated heterocycles. The highest BCUT2D eigenvalue weighted by atomic mass is 35.5. The van der Waals surface area contributed by atoms with Crippen LogP contribution in [0.2, 0.25) is 5.02 Å². The van der Waals surface area contributed by atoms with Crippen molar-refractivity contribution in [3.05, 3.63) is 75.3 Å². The molecule has 1 aromatic carbocycles. The van der Waals surface area contributed by atoms with Gasteiger partial charge in [-0.3, -0.25) is 9.59 Å². The molecule has 6 nitrogen and oxygen atoms in total. The molecule has 4 rings (SSSR count). The molecule has 1 unspecified atom stereocenters. The summed E-state index contributed by atoms with van der Waals surface area (Å²) in [5, 5.41) is 11.5. The number of hydrogen-bond donors (Lipinski definition) is 1. The van der Waals surface area contributed by atoms with Crippen LogP contribution in [0.25, 0.3) is 0 Å². The lowest BCUT2D eigenvalue weighted by molar-refractivity contribution is -0.126. The Labute approximate surface area is 177 Å². The van der Waals surface area contributed by atoms with Crippen molar-refractivity contribution in [3.63, 3.8) is 0 Å². The topological polar surface area (TPSA) is 75.4 Å². The van der Waals surface area contributed by atoms with E-state index in [2.05, 4.69) is 10.5 Å². The first-order valence-corrected chi connectivity index (χ1v) is 10.7. The van der Waals surface area contributed by atoms with Crippen LogP contribution < -0.4 is 5.32 Å². The van der Waals surface area contributed by atoms with Gasteiger partial charge in [-0.05, 0) is 52.9 Å². The smallest absolute Gasteiger partial charge is 0.292 e. The fourth-order valence-electron chi connectivity index (χ4n) is 3.54. The number of carbonyl (C=O) groups is 2. The maximum absolute atomic E-state index is 13.0. The van der Waals surface area contributed by atoms with Crippen LogP contribution >= 0.6 is 22.9 Å². The van der Waals surface area contributed by atoms with Crippen LogP contribution in [0.4, 0.5) is 0 Å². The molecule has 3 aromatic rings. The van der Waals surface area contributed by atoms with Crippen LogP contribution in [0, 0.1) is 5.92 Å². The molecule has 1 fully saturated rings. The van der Waals surface area contributed by atoms with Crippen molar-refractivity contribution in [2.24, 2.45) is 5.92 Å². The number of rotatable bonds is 5. The molecule has 8 heteroatoms. The Morgan fingerprint density at radius 2 is 1.90 bits per heavy atom. The van der Waals surface area contributed by atoms with Crippen LogP contribution in [0.5, 0.6) is 0 Å². The van der Waals surface area contributed by atoms with E-state index in [9.17, 15) is 9.59 Å². The van der Waals surface area contributed by atoms with E-state index in [4.69, 9.17) is 16.1 Å². The molecule has 29 heavy (non-hydrogen) atoms. The SMILES string of the molecule is O=C(NC(c1ccc(Cl)cc1)c1ccsc1)C1CCN(C(=O)c2ccno2)CC1. The lowest BCUT2D eigenvalue weighted by Crippen LogP contribution is -2.43. The molecule has 0 spiro atoms. The predicted octanol–water partition coefficient (Wildman–Crippen LogP) is 4.15. The molecule has 1 aliphatic heterocycles. The predicted molar refractivity (Wildman–Crippen MR) is 111 cm³/mol. The highest BCUT2D eigenvalue weighted by Gasteiger charge is 2.30. The molecule has 1 aliphatic rings. The van der Waals surface area contributed by atoms with E-state index in [1.807, 2.05) is 41.1 Å². The summed E-state index contributed by atoms with van der Waals surface area (Å²) in [4.78, 5) is 27.1. The Morgan fingerprint density at radius 1 is 1.14 bits per heavy atom. The molecule has 0 bridgehead atoms. The van der Waals surface area contributed by atoms with Crippen molar-refractivity contribution in [1.29, 1.82) is 0 Å². The van der Waals surface area contributed by atoms with Crippen molar-refractivity contribution in [1.82, 2.24) is 15.4 Å². The van der Waals surface area contributed by atoms with E-state index in [0.29, 0.717) is 31.0 Å². The zero-order valence-electron chi connectivity index (χ0n) is 15.6. The molecule has 0 radical (unpaired) electrons. The molecular weight excluding hydrogens is 410 g/mol. The molecule has 3 heterocycles. The summed E-state index contributed by atoms with van der Waals surface area (Å²) in [6, 6.07) is 10.9. The fourth-order valence-corrected chi connectivity index (χ4v) is 4.35. The number of carbonyl (C=O) groups excluding carboxylic acids is 2. The molecule has 0 saturated carbocycles. The third-order valence-corrected chi connectivity index (χ3v) is 6.12. The Balaban J connectivity index is 1.41. The summed E-state index contributed by atoms with van der Waals surface area (Å²) in [7, 11) is 0. The zero-order chi connectivity index (χ0) is 20.2. The van der Waals surface area contributed by atoms with E-state index >= 15 is 0 Å². The van der Waals surface area contributed by atoms with E-state index in [1.165, 1.54) is 6.20 Å². The number of halogens is 1. The van der Waals surface area contributed by atoms with Crippen LogP contribution in [0.3, 0.4) is 0 Å². The van der Waals surface area contributed by atoms with Crippen LogP contribution in [-0.2, 0) is 4.79 Å². The largest absolute Gasteiger partial charge is 0.351 e.